The van der Waals surface area contributed by atoms with Crippen LogP contribution in [0.5, 0.6) is 0 Å². The molecular weight excluding hydrogens is 362 g/mol. The molecule has 1 saturated carbocycles. The number of amides is 1. The smallest absolute Gasteiger partial charge is 0.234 e. The molecule has 0 radical (unpaired) electrons. The van der Waals surface area contributed by atoms with E-state index in [2.05, 4.69) is 37.6 Å². The predicted molar refractivity (Wildman–Crippen MR) is 110 cm³/mol. The topological polar surface area (TPSA) is 60.0 Å². The van der Waals surface area contributed by atoms with E-state index in [9.17, 15) is 4.79 Å². The first kappa shape index (κ1) is 20.0. The minimum Gasteiger partial charge on any atom is -0.353 e. The van der Waals surface area contributed by atoms with Gasteiger partial charge in [-0.05, 0) is 38.0 Å². The van der Waals surface area contributed by atoms with E-state index < -0.39 is 0 Å². The van der Waals surface area contributed by atoms with Crippen LogP contribution in [0.25, 0.3) is 0 Å². The molecule has 1 aromatic carbocycles. The number of nitrogens with zero attached hydrogens (tertiary/aromatic N) is 3. The number of guanidine groups is 1. The summed E-state index contributed by atoms with van der Waals surface area (Å²) in [5, 5.41) is 7.34. The number of carbonyl (C=O) groups is 1. The average molecular weight is 392 g/mol. The molecule has 2 unspecified atom stereocenters. The Kier molecular flexibility index (Phi) is 6.60. The highest BCUT2D eigenvalue weighted by Crippen LogP contribution is 2.41. The molecule has 3 rings (SSSR count). The van der Waals surface area contributed by atoms with E-state index in [0.717, 1.165) is 43.6 Å². The van der Waals surface area contributed by atoms with Crippen LogP contribution in [0, 0.1) is 0 Å². The van der Waals surface area contributed by atoms with Gasteiger partial charge in [-0.3, -0.25) is 14.7 Å². The normalized spacial score (nSPS) is 23.4. The molecule has 1 aliphatic carbocycles. The van der Waals surface area contributed by atoms with Gasteiger partial charge in [0.15, 0.2) is 5.96 Å². The van der Waals surface area contributed by atoms with Crippen molar-refractivity contribution in [3.8, 4) is 0 Å². The second kappa shape index (κ2) is 8.93. The minimum atomic E-state index is 0.100. The third-order valence-electron chi connectivity index (χ3n) is 5.08. The monoisotopic (exact) mass is 391 g/mol. The Bertz CT molecular complexity index is 685. The lowest BCUT2D eigenvalue weighted by Gasteiger charge is -2.36. The van der Waals surface area contributed by atoms with Crippen molar-refractivity contribution < 1.29 is 4.79 Å². The summed E-state index contributed by atoms with van der Waals surface area (Å²) in [4.78, 5) is 20.9. The summed E-state index contributed by atoms with van der Waals surface area (Å²) in [7, 11) is 1.83. The van der Waals surface area contributed by atoms with Crippen LogP contribution in [0.3, 0.4) is 0 Å². The van der Waals surface area contributed by atoms with Crippen LogP contribution in [0.2, 0.25) is 5.02 Å². The Morgan fingerprint density at radius 1 is 1.30 bits per heavy atom. The molecule has 2 N–H and O–H groups in total. The molecule has 148 valence electrons. The minimum absolute atomic E-state index is 0.100. The van der Waals surface area contributed by atoms with Gasteiger partial charge in [0, 0.05) is 56.3 Å². The molecule has 7 heteroatoms. The van der Waals surface area contributed by atoms with Crippen LogP contribution >= 0.6 is 11.6 Å². The van der Waals surface area contributed by atoms with Crippen molar-refractivity contribution >= 4 is 23.5 Å². The lowest BCUT2D eigenvalue weighted by molar-refractivity contribution is -0.123. The van der Waals surface area contributed by atoms with E-state index in [0.29, 0.717) is 18.5 Å². The van der Waals surface area contributed by atoms with Gasteiger partial charge in [-0.1, -0.05) is 23.7 Å². The van der Waals surface area contributed by atoms with E-state index in [1.807, 2.05) is 33.0 Å². The summed E-state index contributed by atoms with van der Waals surface area (Å²) >= 11 is 6.11. The highest BCUT2D eigenvalue weighted by Gasteiger charge is 2.39. The standard InChI is InChI=1S/C20H30ClN5O/c1-14(2)23-19(27)13-25-7-9-26(10-8-25)20(22-3)24-18-12-17(18)15-5-4-6-16(21)11-15/h4-6,11,14,17-18H,7-10,12-13H2,1-3H3,(H,22,24)(H,23,27). The summed E-state index contributed by atoms with van der Waals surface area (Å²) in [5.74, 6) is 1.56. The number of hydrogen-bond donors (Lipinski definition) is 2. The summed E-state index contributed by atoms with van der Waals surface area (Å²) in [6.07, 6.45) is 1.11. The Labute approximate surface area is 167 Å². The van der Waals surface area contributed by atoms with Gasteiger partial charge in [-0.2, -0.15) is 0 Å². The molecule has 1 saturated heterocycles. The Balaban J connectivity index is 1.45. The predicted octanol–water partition coefficient (Wildman–Crippen LogP) is 1.91. The molecule has 2 fully saturated rings. The first-order chi connectivity index (χ1) is 13.0. The number of halogens is 1. The van der Waals surface area contributed by atoms with Crippen LogP contribution in [-0.2, 0) is 4.79 Å². The molecule has 27 heavy (non-hydrogen) atoms. The maximum Gasteiger partial charge on any atom is 0.234 e. The Morgan fingerprint density at radius 3 is 2.67 bits per heavy atom. The third-order valence-corrected chi connectivity index (χ3v) is 5.32. The summed E-state index contributed by atoms with van der Waals surface area (Å²) < 4.78 is 0. The molecule has 0 aromatic heterocycles. The molecule has 1 amide bonds. The van der Waals surface area contributed by atoms with Crippen molar-refractivity contribution in [2.45, 2.75) is 38.3 Å². The van der Waals surface area contributed by atoms with Gasteiger partial charge in [-0.25, -0.2) is 0 Å². The van der Waals surface area contributed by atoms with Crippen molar-refractivity contribution in [2.75, 3.05) is 39.8 Å². The number of rotatable bonds is 5. The Hall–Kier alpha value is -1.79. The third kappa shape index (κ3) is 5.59. The van der Waals surface area contributed by atoms with Gasteiger partial charge in [0.2, 0.25) is 5.91 Å². The van der Waals surface area contributed by atoms with E-state index in [1.54, 1.807) is 0 Å². The van der Waals surface area contributed by atoms with Crippen LogP contribution in [0.1, 0.15) is 31.7 Å². The van der Waals surface area contributed by atoms with Gasteiger partial charge < -0.3 is 15.5 Å². The first-order valence-electron chi connectivity index (χ1n) is 9.71. The maximum absolute atomic E-state index is 11.9. The number of piperazine rings is 1. The quantitative estimate of drug-likeness (QED) is 0.594. The van der Waals surface area contributed by atoms with E-state index in [4.69, 9.17) is 11.6 Å². The van der Waals surface area contributed by atoms with E-state index in [1.165, 1.54) is 5.56 Å². The molecule has 1 aromatic rings. The lowest BCUT2D eigenvalue weighted by atomic mass is 10.1. The number of hydrogen-bond acceptors (Lipinski definition) is 3. The van der Waals surface area contributed by atoms with Gasteiger partial charge in [0.25, 0.3) is 0 Å². The zero-order valence-electron chi connectivity index (χ0n) is 16.4. The molecule has 0 spiro atoms. The van der Waals surface area contributed by atoms with Crippen molar-refractivity contribution in [2.24, 2.45) is 4.99 Å². The van der Waals surface area contributed by atoms with Crippen LogP contribution in [0.15, 0.2) is 29.3 Å². The number of nitrogens with one attached hydrogen (secondary N) is 2. The van der Waals surface area contributed by atoms with Crippen molar-refractivity contribution in [1.29, 1.82) is 0 Å². The second-order valence-electron chi connectivity index (χ2n) is 7.68. The number of carbonyl (C=O) groups excluding carboxylic acids is 1. The van der Waals surface area contributed by atoms with E-state index in [-0.39, 0.29) is 11.9 Å². The van der Waals surface area contributed by atoms with Gasteiger partial charge in [0.05, 0.1) is 6.54 Å². The van der Waals surface area contributed by atoms with Crippen LogP contribution in [-0.4, -0.2) is 73.5 Å². The first-order valence-corrected chi connectivity index (χ1v) is 10.1. The number of aliphatic imine (C=N–C) groups is 1. The molecule has 2 atom stereocenters. The SMILES string of the molecule is CN=C(NC1CC1c1cccc(Cl)c1)N1CCN(CC(=O)NC(C)C)CC1. The van der Waals surface area contributed by atoms with Crippen molar-refractivity contribution in [3.05, 3.63) is 34.9 Å². The molecule has 0 bridgehead atoms. The van der Waals surface area contributed by atoms with E-state index >= 15 is 0 Å². The van der Waals surface area contributed by atoms with Gasteiger partial charge in [-0.15, -0.1) is 0 Å². The highest BCUT2D eigenvalue weighted by atomic mass is 35.5. The van der Waals surface area contributed by atoms with Crippen molar-refractivity contribution in [1.82, 2.24) is 20.4 Å². The zero-order chi connectivity index (χ0) is 19.4. The molecule has 1 aliphatic heterocycles. The van der Waals surface area contributed by atoms with Crippen LogP contribution < -0.4 is 10.6 Å². The zero-order valence-corrected chi connectivity index (χ0v) is 17.2. The van der Waals surface area contributed by atoms with Crippen LogP contribution in [0.4, 0.5) is 0 Å². The van der Waals surface area contributed by atoms with Gasteiger partial charge >= 0.3 is 0 Å². The maximum atomic E-state index is 11.9. The largest absolute Gasteiger partial charge is 0.353 e. The second-order valence-corrected chi connectivity index (χ2v) is 8.12. The average Bonchev–Trinajstić information content (AvgIpc) is 3.39. The molecular formula is C20H30ClN5O. The highest BCUT2D eigenvalue weighted by molar-refractivity contribution is 6.30. The fourth-order valence-electron chi connectivity index (χ4n) is 3.61. The fourth-order valence-corrected chi connectivity index (χ4v) is 3.81. The fraction of sp³-hybridized carbons (Fsp3) is 0.600. The number of benzene rings is 1. The Morgan fingerprint density at radius 2 is 2.04 bits per heavy atom. The summed E-state index contributed by atoms with van der Waals surface area (Å²) in [6, 6.07) is 8.72. The lowest BCUT2D eigenvalue weighted by Crippen LogP contribution is -2.54. The van der Waals surface area contributed by atoms with Gasteiger partial charge in [0.1, 0.15) is 0 Å². The summed E-state index contributed by atoms with van der Waals surface area (Å²) in [6.45, 7) is 7.94. The summed E-state index contributed by atoms with van der Waals surface area (Å²) in [5.41, 5.74) is 1.29. The molecule has 6 nitrogen and oxygen atoms in total. The molecule has 1 heterocycles. The van der Waals surface area contributed by atoms with Crippen molar-refractivity contribution in [3.63, 3.8) is 0 Å². The molecule has 2 aliphatic rings.